The molecule has 0 aliphatic rings. The summed E-state index contributed by atoms with van der Waals surface area (Å²) >= 11 is 0. The van der Waals surface area contributed by atoms with Crippen molar-refractivity contribution in [3.05, 3.63) is 24.3 Å². The number of hydrogen-bond donors (Lipinski definition) is 0. The van der Waals surface area contributed by atoms with Crippen LogP contribution in [0.15, 0.2) is 24.3 Å². The zero-order chi connectivity index (χ0) is 8.69. The van der Waals surface area contributed by atoms with Gasteiger partial charge in [-0.2, -0.15) is 0 Å². The highest BCUT2D eigenvalue weighted by molar-refractivity contribution is 5.82. The molecule has 2 heteroatoms. The van der Waals surface area contributed by atoms with Crippen molar-refractivity contribution < 1.29 is 9.53 Å². The Balaban J connectivity index is 3.85. The Bertz CT molecular complexity index is 168. The lowest BCUT2D eigenvalue weighted by Crippen LogP contribution is -2.00. The van der Waals surface area contributed by atoms with Crippen LogP contribution in [0.1, 0.15) is 20.3 Å². The van der Waals surface area contributed by atoms with Gasteiger partial charge < -0.3 is 4.74 Å². The van der Waals surface area contributed by atoms with Gasteiger partial charge in [-0.3, -0.25) is 0 Å². The van der Waals surface area contributed by atoms with Gasteiger partial charge in [-0.1, -0.05) is 11.6 Å². The largest absolute Gasteiger partial charge is 0.463 e. The Morgan fingerprint density at radius 2 is 2.27 bits per heavy atom. The average Bonchev–Trinajstić information content (AvgIpc) is 1.87. The molecule has 0 heterocycles. The Labute approximate surface area is 67.6 Å². The highest BCUT2D eigenvalue weighted by Crippen LogP contribution is 1.99. The molecule has 0 bridgehead atoms. The third-order valence-electron chi connectivity index (χ3n) is 1.12. The summed E-state index contributed by atoms with van der Waals surface area (Å²) < 4.78 is 4.71. The Morgan fingerprint density at radius 1 is 1.64 bits per heavy atom. The molecule has 0 N–H and O–H groups in total. The molecule has 0 rings (SSSR count). The molecule has 0 radical (unpaired) electrons. The van der Waals surface area contributed by atoms with E-state index in [-0.39, 0.29) is 5.97 Å². The molecule has 0 amide bonds. The zero-order valence-corrected chi connectivity index (χ0v) is 7.09. The van der Waals surface area contributed by atoms with Crippen LogP contribution >= 0.6 is 0 Å². The summed E-state index contributed by atoms with van der Waals surface area (Å²) in [6.45, 7) is 7.65. The number of rotatable bonds is 4. The second-order valence-corrected chi connectivity index (χ2v) is 2.24. The van der Waals surface area contributed by atoms with Crippen LogP contribution in [-0.4, -0.2) is 12.6 Å². The lowest BCUT2D eigenvalue weighted by molar-refractivity contribution is -0.137. The number of ether oxygens (including phenoxy) is 1. The summed E-state index contributed by atoms with van der Waals surface area (Å²) in [5.74, 6) is -0.271. The molecule has 0 unspecified atom stereocenters. The molecule has 2 nitrogen and oxygen atoms in total. The number of hydrogen-bond acceptors (Lipinski definition) is 2. The number of allylic oxidation sites excluding steroid dienone is 2. The first kappa shape index (κ1) is 9.95. The highest BCUT2D eigenvalue weighted by atomic mass is 16.5. The van der Waals surface area contributed by atoms with E-state index >= 15 is 0 Å². The summed E-state index contributed by atoms with van der Waals surface area (Å²) in [7, 11) is 0. The molecule has 0 aromatic carbocycles. The van der Waals surface area contributed by atoms with Crippen LogP contribution in [0, 0.1) is 0 Å². The summed E-state index contributed by atoms with van der Waals surface area (Å²) in [4.78, 5) is 10.8. The fraction of sp³-hybridized carbons (Fsp3) is 0.444. The topological polar surface area (TPSA) is 26.3 Å². The SMILES string of the molecule is C=CC/C(C)=C\C(=O)OCC. The van der Waals surface area contributed by atoms with E-state index in [1.165, 1.54) is 6.08 Å². The van der Waals surface area contributed by atoms with E-state index in [4.69, 9.17) is 4.74 Å². The van der Waals surface area contributed by atoms with Gasteiger partial charge in [-0.25, -0.2) is 4.79 Å². The monoisotopic (exact) mass is 154 g/mol. The van der Waals surface area contributed by atoms with Crippen molar-refractivity contribution >= 4 is 5.97 Å². The van der Waals surface area contributed by atoms with Gasteiger partial charge in [0.25, 0.3) is 0 Å². The molecule has 0 saturated carbocycles. The van der Waals surface area contributed by atoms with Crippen molar-refractivity contribution in [1.82, 2.24) is 0 Å². The van der Waals surface area contributed by atoms with Gasteiger partial charge in [0.2, 0.25) is 0 Å². The number of carbonyl (C=O) groups is 1. The molecular weight excluding hydrogens is 140 g/mol. The first-order valence-corrected chi connectivity index (χ1v) is 3.65. The second kappa shape index (κ2) is 5.71. The average molecular weight is 154 g/mol. The van der Waals surface area contributed by atoms with E-state index in [0.29, 0.717) is 6.61 Å². The van der Waals surface area contributed by atoms with E-state index in [2.05, 4.69) is 6.58 Å². The lowest BCUT2D eigenvalue weighted by Gasteiger charge is -1.97. The Morgan fingerprint density at radius 3 is 2.73 bits per heavy atom. The highest BCUT2D eigenvalue weighted by Gasteiger charge is 1.95. The number of esters is 1. The van der Waals surface area contributed by atoms with Gasteiger partial charge >= 0.3 is 5.97 Å². The first-order chi connectivity index (χ1) is 5.20. The van der Waals surface area contributed by atoms with E-state index in [0.717, 1.165) is 12.0 Å². The maximum atomic E-state index is 10.8. The quantitative estimate of drug-likeness (QED) is 0.352. The van der Waals surface area contributed by atoms with Crippen molar-refractivity contribution in [2.45, 2.75) is 20.3 Å². The standard InChI is InChI=1S/C9H14O2/c1-4-6-8(3)7-9(10)11-5-2/h4,7H,1,5-6H2,2-3H3/b8-7-. The predicted molar refractivity (Wildman–Crippen MR) is 45.2 cm³/mol. The van der Waals surface area contributed by atoms with Gasteiger partial charge in [0.15, 0.2) is 0 Å². The van der Waals surface area contributed by atoms with Crippen molar-refractivity contribution in [1.29, 1.82) is 0 Å². The van der Waals surface area contributed by atoms with Gasteiger partial charge in [0, 0.05) is 6.08 Å². The normalized spacial score (nSPS) is 10.9. The minimum absolute atomic E-state index is 0.271. The minimum atomic E-state index is -0.271. The molecule has 0 aromatic rings. The Hall–Kier alpha value is -1.05. The molecule has 0 aliphatic carbocycles. The molecular formula is C9H14O2. The van der Waals surface area contributed by atoms with Crippen molar-refractivity contribution in [2.24, 2.45) is 0 Å². The van der Waals surface area contributed by atoms with E-state index in [1.54, 1.807) is 13.0 Å². The summed E-state index contributed by atoms with van der Waals surface area (Å²) in [6, 6.07) is 0. The van der Waals surface area contributed by atoms with Gasteiger partial charge in [0.05, 0.1) is 6.61 Å². The van der Waals surface area contributed by atoms with E-state index < -0.39 is 0 Å². The van der Waals surface area contributed by atoms with Crippen LogP contribution in [0.5, 0.6) is 0 Å². The predicted octanol–water partition coefficient (Wildman–Crippen LogP) is 2.07. The second-order valence-electron chi connectivity index (χ2n) is 2.24. The molecule has 0 aliphatic heterocycles. The van der Waals surface area contributed by atoms with E-state index in [1.807, 2.05) is 6.92 Å². The molecule has 0 spiro atoms. The molecule has 62 valence electrons. The van der Waals surface area contributed by atoms with Crippen molar-refractivity contribution in [3.8, 4) is 0 Å². The van der Waals surface area contributed by atoms with Crippen LogP contribution in [0.2, 0.25) is 0 Å². The fourth-order valence-electron chi connectivity index (χ4n) is 0.672. The van der Waals surface area contributed by atoms with E-state index in [9.17, 15) is 4.79 Å². The molecule has 0 atom stereocenters. The van der Waals surface area contributed by atoms with Crippen molar-refractivity contribution in [2.75, 3.05) is 6.61 Å². The lowest BCUT2D eigenvalue weighted by atomic mass is 10.2. The van der Waals surface area contributed by atoms with Gasteiger partial charge in [-0.15, -0.1) is 6.58 Å². The summed E-state index contributed by atoms with van der Waals surface area (Å²) in [5, 5.41) is 0. The maximum absolute atomic E-state index is 10.8. The molecule has 0 fully saturated rings. The number of carbonyl (C=O) groups excluding carboxylic acids is 1. The molecule has 0 saturated heterocycles. The van der Waals surface area contributed by atoms with Crippen LogP contribution in [0.4, 0.5) is 0 Å². The molecule has 0 aromatic heterocycles. The van der Waals surface area contributed by atoms with Crippen LogP contribution in [0.3, 0.4) is 0 Å². The molecule has 11 heavy (non-hydrogen) atoms. The first-order valence-electron chi connectivity index (χ1n) is 3.65. The maximum Gasteiger partial charge on any atom is 0.330 e. The third-order valence-corrected chi connectivity index (χ3v) is 1.12. The van der Waals surface area contributed by atoms with Crippen LogP contribution < -0.4 is 0 Å². The van der Waals surface area contributed by atoms with Crippen LogP contribution in [0.25, 0.3) is 0 Å². The van der Waals surface area contributed by atoms with Gasteiger partial charge in [0.1, 0.15) is 0 Å². The smallest absolute Gasteiger partial charge is 0.330 e. The summed E-state index contributed by atoms with van der Waals surface area (Å²) in [6.07, 6.45) is 3.98. The Kier molecular flexibility index (Phi) is 5.17. The van der Waals surface area contributed by atoms with Gasteiger partial charge in [-0.05, 0) is 20.3 Å². The third kappa shape index (κ3) is 5.40. The summed E-state index contributed by atoms with van der Waals surface area (Å²) in [5.41, 5.74) is 0.971. The van der Waals surface area contributed by atoms with Crippen LogP contribution in [-0.2, 0) is 9.53 Å². The minimum Gasteiger partial charge on any atom is -0.463 e. The zero-order valence-electron chi connectivity index (χ0n) is 7.09. The van der Waals surface area contributed by atoms with Crippen molar-refractivity contribution in [3.63, 3.8) is 0 Å². The fourth-order valence-corrected chi connectivity index (χ4v) is 0.672.